The maximum Gasteiger partial charge on any atom is 0.323 e. The molecule has 0 saturated heterocycles. The van der Waals surface area contributed by atoms with Crippen LogP contribution >= 0.6 is 0 Å². The monoisotopic (exact) mass is 361 g/mol. The fourth-order valence-corrected chi connectivity index (χ4v) is 2.47. The first-order chi connectivity index (χ1) is 13.2. The van der Waals surface area contributed by atoms with Crippen molar-refractivity contribution in [3.8, 4) is 5.75 Å². The smallest absolute Gasteiger partial charge is 0.323 e. The summed E-state index contributed by atoms with van der Waals surface area (Å²) in [5.74, 6) is 0.378. The van der Waals surface area contributed by atoms with Crippen LogP contribution in [0.25, 0.3) is 0 Å². The lowest BCUT2D eigenvalue weighted by atomic mass is 10.1. The molecule has 3 N–H and O–H groups in total. The third-order valence-electron chi connectivity index (χ3n) is 3.80. The summed E-state index contributed by atoms with van der Waals surface area (Å²) in [6.45, 7) is 0. The molecule has 0 aliphatic heterocycles. The molecule has 0 atom stereocenters. The van der Waals surface area contributed by atoms with Gasteiger partial charge in [-0.05, 0) is 48.5 Å². The van der Waals surface area contributed by atoms with Gasteiger partial charge in [-0.2, -0.15) is 0 Å². The van der Waals surface area contributed by atoms with Crippen LogP contribution in [0.3, 0.4) is 0 Å². The molecule has 6 heteroatoms. The molecule has 0 aliphatic rings. The molecule has 0 radical (unpaired) electrons. The number of carbonyl (C=O) groups excluding carboxylic acids is 2. The van der Waals surface area contributed by atoms with E-state index in [2.05, 4.69) is 16.0 Å². The van der Waals surface area contributed by atoms with Gasteiger partial charge in [0.2, 0.25) is 0 Å². The summed E-state index contributed by atoms with van der Waals surface area (Å²) in [4.78, 5) is 24.8. The van der Waals surface area contributed by atoms with Crippen molar-refractivity contribution >= 4 is 29.0 Å². The normalized spacial score (nSPS) is 9.96. The van der Waals surface area contributed by atoms with Crippen LogP contribution in [0, 0.1) is 0 Å². The summed E-state index contributed by atoms with van der Waals surface area (Å²) in [6.07, 6.45) is 0. The van der Waals surface area contributed by atoms with E-state index >= 15 is 0 Å². The lowest BCUT2D eigenvalue weighted by molar-refractivity contribution is 0.102. The summed E-state index contributed by atoms with van der Waals surface area (Å²) < 4.78 is 5.10. The third kappa shape index (κ3) is 4.85. The third-order valence-corrected chi connectivity index (χ3v) is 3.80. The minimum Gasteiger partial charge on any atom is -0.497 e. The van der Waals surface area contributed by atoms with E-state index in [-0.39, 0.29) is 5.91 Å². The highest BCUT2D eigenvalue weighted by Gasteiger charge is 2.13. The molecule has 3 aromatic rings. The van der Waals surface area contributed by atoms with Gasteiger partial charge in [0.1, 0.15) is 5.75 Å². The van der Waals surface area contributed by atoms with Crippen molar-refractivity contribution < 1.29 is 14.3 Å². The predicted octanol–water partition coefficient (Wildman–Crippen LogP) is 4.59. The highest BCUT2D eigenvalue weighted by atomic mass is 16.5. The van der Waals surface area contributed by atoms with Crippen LogP contribution in [0.5, 0.6) is 5.75 Å². The van der Waals surface area contributed by atoms with Crippen molar-refractivity contribution in [3.05, 3.63) is 84.4 Å². The lowest BCUT2D eigenvalue weighted by Crippen LogP contribution is -2.22. The van der Waals surface area contributed by atoms with Crippen molar-refractivity contribution in [2.24, 2.45) is 0 Å². The minimum atomic E-state index is -0.425. The van der Waals surface area contributed by atoms with E-state index in [1.807, 2.05) is 18.2 Å². The van der Waals surface area contributed by atoms with Gasteiger partial charge in [-0.25, -0.2) is 4.79 Å². The fraction of sp³-hybridized carbons (Fsp3) is 0.0476. The van der Waals surface area contributed by atoms with Crippen molar-refractivity contribution in [1.29, 1.82) is 0 Å². The summed E-state index contributed by atoms with van der Waals surface area (Å²) >= 11 is 0. The number of benzene rings is 3. The van der Waals surface area contributed by atoms with Crippen LogP contribution in [0.15, 0.2) is 78.9 Å². The largest absolute Gasteiger partial charge is 0.497 e. The molecule has 136 valence electrons. The van der Waals surface area contributed by atoms with Crippen molar-refractivity contribution in [2.45, 2.75) is 0 Å². The zero-order chi connectivity index (χ0) is 19.1. The zero-order valence-corrected chi connectivity index (χ0v) is 14.7. The van der Waals surface area contributed by atoms with Gasteiger partial charge >= 0.3 is 6.03 Å². The number of carbonyl (C=O) groups is 2. The van der Waals surface area contributed by atoms with Gasteiger partial charge in [0.05, 0.1) is 18.4 Å². The molecule has 0 aliphatic carbocycles. The Morgan fingerprint density at radius 2 is 1.33 bits per heavy atom. The summed E-state index contributed by atoms with van der Waals surface area (Å²) in [7, 11) is 1.58. The topological polar surface area (TPSA) is 79.5 Å². The molecule has 0 aromatic heterocycles. The van der Waals surface area contributed by atoms with Gasteiger partial charge in [0.15, 0.2) is 0 Å². The summed E-state index contributed by atoms with van der Waals surface area (Å²) in [5.41, 5.74) is 2.06. The molecule has 3 aromatic carbocycles. The number of amides is 3. The molecule has 3 amide bonds. The number of rotatable bonds is 5. The molecule has 0 saturated carbocycles. The molecule has 0 fully saturated rings. The van der Waals surface area contributed by atoms with Gasteiger partial charge < -0.3 is 20.7 Å². The van der Waals surface area contributed by atoms with Crippen molar-refractivity contribution in [2.75, 3.05) is 23.1 Å². The average molecular weight is 361 g/mol. The zero-order valence-electron chi connectivity index (χ0n) is 14.7. The van der Waals surface area contributed by atoms with Gasteiger partial charge in [-0.1, -0.05) is 30.3 Å². The Hall–Kier alpha value is -3.80. The SMILES string of the molecule is COc1ccc(NC(=O)c2ccccc2NC(=O)Nc2ccccc2)cc1. The number of para-hydroxylation sites is 2. The van der Waals surface area contributed by atoms with Crippen LogP contribution in [0.4, 0.5) is 21.9 Å². The second-order valence-electron chi connectivity index (χ2n) is 5.67. The van der Waals surface area contributed by atoms with Crippen LogP contribution in [-0.2, 0) is 0 Å². The number of nitrogens with one attached hydrogen (secondary N) is 3. The van der Waals surface area contributed by atoms with E-state index < -0.39 is 6.03 Å². The highest BCUT2D eigenvalue weighted by Crippen LogP contribution is 2.20. The van der Waals surface area contributed by atoms with Gasteiger partial charge in [-0.3, -0.25) is 4.79 Å². The number of hydrogen-bond donors (Lipinski definition) is 3. The van der Waals surface area contributed by atoms with Crippen molar-refractivity contribution in [1.82, 2.24) is 0 Å². The van der Waals surface area contributed by atoms with Crippen LogP contribution < -0.4 is 20.7 Å². The molecule has 27 heavy (non-hydrogen) atoms. The average Bonchev–Trinajstić information content (AvgIpc) is 2.69. The van der Waals surface area contributed by atoms with Gasteiger partial charge in [0, 0.05) is 11.4 Å². The van der Waals surface area contributed by atoms with Crippen molar-refractivity contribution in [3.63, 3.8) is 0 Å². The van der Waals surface area contributed by atoms with E-state index in [4.69, 9.17) is 4.74 Å². The van der Waals surface area contributed by atoms with E-state index in [0.29, 0.717) is 28.4 Å². The Morgan fingerprint density at radius 1 is 0.704 bits per heavy atom. The lowest BCUT2D eigenvalue weighted by Gasteiger charge is -2.12. The maximum absolute atomic E-state index is 12.6. The standard InChI is InChI=1S/C21H19N3O3/c1-27-17-13-11-16(12-14-17)22-20(25)18-9-5-6-10-19(18)24-21(26)23-15-7-3-2-4-8-15/h2-14H,1H3,(H,22,25)(H2,23,24,26). The minimum absolute atomic E-state index is 0.323. The molecular formula is C21H19N3O3. The molecule has 0 spiro atoms. The number of anilines is 3. The van der Waals surface area contributed by atoms with E-state index in [0.717, 1.165) is 0 Å². The number of methoxy groups -OCH3 is 1. The Balaban J connectivity index is 1.70. The Bertz CT molecular complexity index is 925. The Labute approximate surface area is 157 Å². The van der Waals surface area contributed by atoms with Crippen LogP contribution in [0.2, 0.25) is 0 Å². The predicted molar refractivity (Wildman–Crippen MR) is 106 cm³/mol. The molecule has 3 rings (SSSR count). The summed E-state index contributed by atoms with van der Waals surface area (Å²) in [6, 6.07) is 22.5. The second-order valence-corrected chi connectivity index (χ2v) is 5.67. The highest BCUT2D eigenvalue weighted by molar-refractivity contribution is 6.11. The van der Waals surface area contributed by atoms with Crippen LogP contribution in [0.1, 0.15) is 10.4 Å². The number of hydrogen-bond acceptors (Lipinski definition) is 3. The first kappa shape index (κ1) is 18.0. The maximum atomic E-state index is 12.6. The Morgan fingerprint density at radius 3 is 2.04 bits per heavy atom. The van der Waals surface area contributed by atoms with E-state index in [1.165, 1.54) is 0 Å². The molecule has 6 nitrogen and oxygen atoms in total. The van der Waals surface area contributed by atoms with E-state index in [1.54, 1.807) is 67.8 Å². The van der Waals surface area contributed by atoms with Gasteiger partial charge in [0.25, 0.3) is 5.91 Å². The molecule has 0 unspecified atom stereocenters. The van der Waals surface area contributed by atoms with Crippen LogP contribution in [-0.4, -0.2) is 19.0 Å². The Kier molecular flexibility index (Phi) is 5.69. The number of urea groups is 1. The first-order valence-electron chi connectivity index (χ1n) is 8.33. The second kappa shape index (κ2) is 8.53. The molecule has 0 heterocycles. The first-order valence-corrected chi connectivity index (χ1v) is 8.33. The quantitative estimate of drug-likeness (QED) is 0.622. The van der Waals surface area contributed by atoms with E-state index in [9.17, 15) is 9.59 Å². The summed E-state index contributed by atoms with van der Waals surface area (Å²) in [5, 5.41) is 8.24. The molecular weight excluding hydrogens is 342 g/mol. The number of ether oxygens (including phenoxy) is 1. The molecule has 0 bridgehead atoms. The fourth-order valence-electron chi connectivity index (χ4n) is 2.47. The van der Waals surface area contributed by atoms with Gasteiger partial charge in [-0.15, -0.1) is 0 Å².